The molecule has 1 aliphatic rings. The molecule has 26 heavy (non-hydrogen) atoms. The molecule has 1 saturated heterocycles. The third-order valence-corrected chi connectivity index (χ3v) is 5.38. The second-order valence-corrected chi connectivity index (χ2v) is 7.41. The van der Waals surface area contributed by atoms with Gasteiger partial charge in [-0.1, -0.05) is 13.8 Å². The van der Waals surface area contributed by atoms with Crippen LogP contribution in [0.2, 0.25) is 0 Å². The van der Waals surface area contributed by atoms with Crippen molar-refractivity contribution in [2.45, 2.75) is 39.5 Å². The number of aryl methyl sites for hydroxylation is 2. The molecule has 3 heterocycles. The Morgan fingerprint density at radius 3 is 2.50 bits per heavy atom. The van der Waals surface area contributed by atoms with E-state index in [2.05, 4.69) is 5.10 Å². The highest BCUT2D eigenvalue weighted by atomic mass is 16.3. The molecule has 0 aromatic carbocycles. The number of carbonyl (C=O) groups is 2. The van der Waals surface area contributed by atoms with Crippen LogP contribution in [0, 0.1) is 19.8 Å². The first-order valence-electron chi connectivity index (χ1n) is 8.88. The number of primary amides is 1. The third-order valence-electron chi connectivity index (χ3n) is 5.38. The molecule has 2 N–H and O–H groups in total. The molecule has 1 aliphatic heterocycles. The van der Waals surface area contributed by atoms with E-state index in [-0.39, 0.29) is 23.7 Å². The Morgan fingerprint density at radius 1 is 1.31 bits per heavy atom. The highest BCUT2D eigenvalue weighted by molar-refractivity contribution is 5.96. The number of likely N-dealkylation sites (tertiary alicyclic amines) is 1. The lowest BCUT2D eigenvalue weighted by Gasteiger charge is -2.16. The summed E-state index contributed by atoms with van der Waals surface area (Å²) in [6.45, 7) is 8.55. The standard InChI is InChI=1S/C19H26N4O3/c1-10(2)17-6-13(12(4)26-17)19(25)23-8-15(16(9-23)18(20)24)14-7-21-22(5)11(14)3/h6-7,10,15-16H,8-9H2,1-5H3,(H2,20,24)/t15-,16+/m1/s1. The Hall–Kier alpha value is -2.57. The number of furan rings is 1. The van der Waals surface area contributed by atoms with E-state index < -0.39 is 5.92 Å². The summed E-state index contributed by atoms with van der Waals surface area (Å²) in [5.41, 5.74) is 8.14. The van der Waals surface area contributed by atoms with Gasteiger partial charge in [0.25, 0.3) is 5.91 Å². The van der Waals surface area contributed by atoms with E-state index in [1.165, 1.54) is 0 Å². The van der Waals surface area contributed by atoms with E-state index in [1.54, 1.807) is 22.7 Å². The largest absolute Gasteiger partial charge is 0.465 e. The van der Waals surface area contributed by atoms with Gasteiger partial charge in [0.1, 0.15) is 11.5 Å². The lowest BCUT2D eigenvalue weighted by atomic mass is 9.89. The monoisotopic (exact) mass is 358 g/mol. The zero-order valence-electron chi connectivity index (χ0n) is 15.9. The number of aromatic nitrogens is 2. The van der Waals surface area contributed by atoms with Gasteiger partial charge < -0.3 is 15.1 Å². The Kier molecular flexibility index (Phi) is 4.64. The van der Waals surface area contributed by atoms with Crippen LogP contribution in [0.1, 0.15) is 58.8 Å². The van der Waals surface area contributed by atoms with Gasteiger partial charge in [-0.05, 0) is 25.5 Å². The molecular formula is C19H26N4O3. The zero-order valence-corrected chi connectivity index (χ0v) is 15.9. The maximum absolute atomic E-state index is 13.0. The van der Waals surface area contributed by atoms with Crippen LogP contribution in [-0.2, 0) is 11.8 Å². The van der Waals surface area contributed by atoms with Crippen LogP contribution in [0.15, 0.2) is 16.7 Å². The van der Waals surface area contributed by atoms with E-state index in [0.29, 0.717) is 24.4 Å². The van der Waals surface area contributed by atoms with Crippen molar-refractivity contribution in [2.24, 2.45) is 18.7 Å². The van der Waals surface area contributed by atoms with Gasteiger partial charge in [0.2, 0.25) is 5.91 Å². The lowest BCUT2D eigenvalue weighted by Crippen LogP contribution is -2.32. The highest BCUT2D eigenvalue weighted by Gasteiger charge is 2.41. The molecule has 2 aromatic heterocycles. The van der Waals surface area contributed by atoms with Crippen molar-refractivity contribution in [1.29, 1.82) is 0 Å². The predicted molar refractivity (Wildman–Crippen MR) is 96.8 cm³/mol. The van der Waals surface area contributed by atoms with Gasteiger partial charge >= 0.3 is 0 Å². The Labute approximate surface area is 153 Å². The van der Waals surface area contributed by atoms with Crippen LogP contribution < -0.4 is 5.73 Å². The molecule has 0 bridgehead atoms. The summed E-state index contributed by atoms with van der Waals surface area (Å²) in [5, 5.41) is 4.27. The molecular weight excluding hydrogens is 332 g/mol. The molecule has 3 rings (SSSR count). The van der Waals surface area contributed by atoms with Crippen molar-refractivity contribution in [1.82, 2.24) is 14.7 Å². The van der Waals surface area contributed by atoms with Crippen LogP contribution in [0.25, 0.3) is 0 Å². The second kappa shape index (κ2) is 6.63. The van der Waals surface area contributed by atoms with E-state index in [1.807, 2.05) is 33.9 Å². The number of amides is 2. The van der Waals surface area contributed by atoms with Crippen LogP contribution in [0.5, 0.6) is 0 Å². The highest BCUT2D eigenvalue weighted by Crippen LogP contribution is 2.35. The van der Waals surface area contributed by atoms with Crippen molar-refractivity contribution in [3.05, 3.63) is 40.6 Å². The van der Waals surface area contributed by atoms with E-state index in [0.717, 1.165) is 17.0 Å². The first kappa shape index (κ1) is 18.2. The number of nitrogens with two attached hydrogens (primary N) is 1. The summed E-state index contributed by atoms with van der Waals surface area (Å²) >= 11 is 0. The Balaban J connectivity index is 1.89. The van der Waals surface area contributed by atoms with Gasteiger partial charge in [0.15, 0.2) is 0 Å². The fourth-order valence-corrected chi connectivity index (χ4v) is 3.63. The molecule has 7 heteroatoms. The van der Waals surface area contributed by atoms with Crippen LogP contribution in [0.3, 0.4) is 0 Å². The Morgan fingerprint density at radius 2 is 2.00 bits per heavy atom. The zero-order chi connectivity index (χ0) is 19.2. The van der Waals surface area contributed by atoms with Gasteiger partial charge in [-0.15, -0.1) is 0 Å². The predicted octanol–water partition coefficient (Wildman–Crippen LogP) is 2.09. The first-order valence-corrected chi connectivity index (χ1v) is 8.88. The summed E-state index contributed by atoms with van der Waals surface area (Å²) in [6.07, 6.45) is 1.77. The molecule has 2 amide bonds. The van der Waals surface area contributed by atoms with Crippen molar-refractivity contribution in [3.8, 4) is 0 Å². The fraction of sp³-hybridized carbons (Fsp3) is 0.526. The minimum Gasteiger partial charge on any atom is -0.465 e. The number of rotatable bonds is 4. The number of carbonyl (C=O) groups excluding carboxylic acids is 2. The number of hydrogen-bond donors (Lipinski definition) is 1. The quantitative estimate of drug-likeness (QED) is 0.905. The molecule has 1 fully saturated rings. The topological polar surface area (TPSA) is 94.4 Å². The van der Waals surface area contributed by atoms with Gasteiger partial charge in [0.05, 0.1) is 17.7 Å². The summed E-state index contributed by atoms with van der Waals surface area (Å²) < 4.78 is 7.48. The molecule has 0 spiro atoms. The van der Waals surface area contributed by atoms with Crippen molar-refractivity contribution >= 4 is 11.8 Å². The van der Waals surface area contributed by atoms with Gasteiger partial charge in [-0.25, -0.2) is 0 Å². The maximum atomic E-state index is 13.0. The third kappa shape index (κ3) is 3.02. The van der Waals surface area contributed by atoms with Crippen molar-refractivity contribution < 1.29 is 14.0 Å². The normalized spacial score (nSPS) is 20.2. The van der Waals surface area contributed by atoms with E-state index in [4.69, 9.17) is 10.2 Å². The van der Waals surface area contributed by atoms with Crippen molar-refractivity contribution in [3.63, 3.8) is 0 Å². The minimum absolute atomic E-state index is 0.117. The molecule has 2 atom stereocenters. The minimum atomic E-state index is -0.418. The number of nitrogens with zero attached hydrogens (tertiary/aromatic N) is 3. The van der Waals surface area contributed by atoms with E-state index >= 15 is 0 Å². The smallest absolute Gasteiger partial charge is 0.257 e. The van der Waals surface area contributed by atoms with Gasteiger partial charge in [-0.2, -0.15) is 5.10 Å². The second-order valence-electron chi connectivity index (χ2n) is 7.41. The van der Waals surface area contributed by atoms with Crippen molar-refractivity contribution in [2.75, 3.05) is 13.1 Å². The molecule has 0 saturated carbocycles. The van der Waals surface area contributed by atoms with Gasteiger partial charge in [0, 0.05) is 37.7 Å². The Bertz CT molecular complexity index is 849. The number of hydrogen-bond acceptors (Lipinski definition) is 4. The SMILES string of the molecule is Cc1oc(C(C)C)cc1C(=O)N1C[C@H](C(N)=O)[C@@H](c2cnn(C)c2C)C1. The molecule has 7 nitrogen and oxygen atoms in total. The molecule has 2 aromatic rings. The van der Waals surface area contributed by atoms with Crippen LogP contribution in [-0.4, -0.2) is 39.6 Å². The van der Waals surface area contributed by atoms with Crippen LogP contribution >= 0.6 is 0 Å². The maximum Gasteiger partial charge on any atom is 0.257 e. The first-order chi connectivity index (χ1) is 12.2. The average Bonchev–Trinajstić information content (AvgIpc) is 3.25. The molecule has 140 valence electrons. The fourth-order valence-electron chi connectivity index (χ4n) is 3.63. The molecule has 0 aliphatic carbocycles. The van der Waals surface area contributed by atoms with Gasteiger partial charge in [-0.3, -0.25) is 14.3 Å². The summed E-state index contributed by atoms with van der Waals surface area (Å²) in [4.78, 5) is 26.7. The average molecular weight is 358 g/mol. The summed E-state index contributed by atoms with van der Waals surface area (Å²) in [7, 11) is 1.86. The lowest BCUT2D eigenvalue weighted by molar-refractivity contribution is -0.121. The summed E-state index contributed by atoms with van der Waals surface area (Å²) in [5.74, 6) is 0.541. The van der Waals surface area contributed by atoms with E-state index in [9.17, 15) is 9.59 Å². The van der Waals surface area contributed by atoms with Crippen LogP contribution in [0.4, 0.5) is 0 Å². The molecule has 0 unspecified atom stereocenters. The summed E-state index contributed by atoms with van der Waals surface area (Å²) in [6, 6.07) is 1.81. The molecule has 0 radical (unpaired) electrons.